The quantitative estimate of drug-likeness (QED) is 0.277. The Morgan fingerprint density at radius 1 is 0.741 bits per heavy atom. The number of hydrogen-bond acceptors (Lipinski definition) is 3. The molecule has 0 fully saturated rings. The van der Waals surface area contributed by atoms with Crippen LogP contribution in [0.25, 0.3) is 10.8 Å². The molecule has 2 aromatic carbocycles. The van der Waals surface area contributed by atoms with Crippen molar-refractivity contribution in [1.29, 1.82) is 0 Å². The Kier molecular flexibility index (Phi) is 11.7. The third-order valence-electron chi connectivity index (χ3n) is 4.76. The van der Waals surface area contributed by atoms with Gasteiger partial charge in [-0.15, -0.1) is 0 Å². The highest BCUT2D eigenvalue weighted by atomic mass is 32.2. The minimum atomic E-state index is -3.70. The van der Waals surface area contributed by atoms with Crippen molar-refractivity contribution in [3.8, 4) is 0 Å². The van der Waals surface area contributed by atoms with Crippen molar-refractivity contribution < 1.29 is 12.6 Å². The zero-order valence-electron chi connectivity index (χ0n) is 16.5. The average molecular weight is 411 g/mol. The van der Waals surface area contributed by atoms with Gasteiger partial charge in [0.05, 0.1) is 6.61 Å². The monoisotopic (exact) mass is 410 g/mol. The Morgan fingerprint density at radius 2 is 1.30 bits per heavy atom. The van der Waals surface area contributed by atoms with E-state index >= 15 is 0 Å². The first-order valence-electron chi connectivity index (χ1n) is 10.0. The smallest absolute Gasteiger partial charge is 0.266 e. The third-order valence-corrected chi connectivity index (χ3v) is 6.13. The molecule has 0 unspecified atom stereocenters. The van der Waals surface area contributed by atoms with Crippen LogP contribution >= 0.6 is 13.5 Å². The topological polar surface area (TPSA) is 43.4 Å². The normalized spacial score (nSPS) is 11.4. The van der Waals surface area contributed by atoms with Gasteiger partial charge in [0.1, 0.15) is 4.90 Å². The van der Waals surface area contributed by atoms with Gasteiger partial charge in [-0.05, 0) is 17.9 Å². The van der Waals surface area contributed by atoms with Gasteiger partial charge in [-0.25, -0.2) is 0 Å². The highest BCUT2D eigenvalue weighted by Crippen LogP contribution is 2.24. The molecule has 0 aromatic heterocycles. The largest absolute Gasteiger partial charge is 0.297 e. The molecule has 0 heterocycles. The maximum Gasteiger partial charge on any atom is 0.297 e. The second-order valence-corrected chi connectivity index (χ2v) is 8.52. The molecule has 0 aliphatic carbocycles. The van der Waals surface area contributed by atoms with E-state index in [4.69, 9.17) is 4.18 Å². The molecule has 0 saturated carbocycles. The fourth-order valence-electron chi connectivity index (χ4n) is 3.24. The van der Waals surface area contributed by atoms with E-state index in [1.165, 1.54) is 44.9 Å². The Bertz CT molecular complexity index is 752. The van der Waals surface area contributed by atoms with Gasteiger partial charge in [0.2, 0.25) is 0 Å². The first kappa shape index (κ1) is 24.0. The first-order chi connectivity index (χ1) is 12.6. The molecule has 0 aliphatic rings. The standard InChI is InChI=1S/C22H32O3S.H2S/c1-2-3-4-5-6-7-8-9-10-13-19-25-26(23,24)22-18-14-16-20-15-11-12-17-21(20)22;/h11-12,14-18H,2-10,13,19H2,1H3;1H2. The van der Waals surface area contributed by atoms with Crippen LogP contribution in [0.2, 0.25) is 0 Å². The average Bonchev–Trinajstić information content (AvgIpc) is 2.65. The summed E-state index contributed by atoms with van der Waals surface area (Å²) in [5.74, 6) is 0. The van der Waals surface area contributed by atoms with Crippen molar-refractivity contribution in [1.82, 2.24) is 0 Å². The van der Waals surface area contributed by atoms with Crippen molar-refractivity contribution in [2.45, 2.75) is 76.0 Å². The minimum Gasteiger partial charge on any atom is -0.266 e. The lowest BCUT2D eigenvalue weighted by Gasteiger charge is -2.08. The Hall–Kier alpha value is -1.04. The first-order valence-corrected chi connectivity index (χ1v) is 11.4. The van der Waals surface area contributed by atoms with Gasteiger partial charge in [0.25, 0.3) is 10.1 Å². The van der Waals surface area contributed by atoms with Crippen molar-refractivity contribution in [2.75, 3.05) is 6.61 Å². The zero-order valence-corrected chi connectivity index (χ0v) is 18.3. The van der Waals surface area contributed by atoms with Gasteiger partial charge in [0, 0.05) is 5.39 Å². The molecule has 0 atom stereocenters. The predicted octanol–water partition coefficient (Wildman–Crippen LogP) is 6.58. The summed E-state index contributed by atoms with van der Waals surface area (Å²) in [6, 6.07) is 12.8. The SMILES string of the molecule is CCCCCCCCCCCCOS(=O)(=O)c1cccc2ccccc12.S. The molecule has 0 bridgehead atoms. The highest BCUT2D eigenvalue weighted by Gasteiger charge is 2.17. The van der Waals surface area contributed by atoms with E-state index < -0.39 is 10.1 Å². The van der Waals surface area contributed by atoms with Crippen LogP contribution in [-0.2, 0) is 14.3 Å². The lowest BCUT2D eigenvalue weighted by molar-refractivity contribution is 0.306. The molecular weight excluding hydrogens is 376 g/mol. The van der Waals surface area contributed by atoms with E-state index in [-0.39, 0.29) is 25.0 Å². The molecule has 3 nitrogen and oxygen atoms in total. The van der Waals surface area contributed by atoms with E-state index in [9.17, 15) is 8.42 Å². The van der Waals surface area contributed by atoms with Crippen molar-refractivity contribution in [3.05, 3.63) is 42.5 Å². The van der Waals surface area contributed by atoms with Crippen molar-refractivity contribution in [2.24, 2.45) is 0 Å². The van der Waals surface area contributed by atoms with Gasteiger partial charge in [-0.3, -0.25) is 4.18 Å². The maximum atomic E-state index is 12.5. The lowest BCUT2D eigenvalue weighted by atomic mass is 10.1. The van der Waals surface area contributed by atoms with Crippen molar-refractivity contribution >= 4 is 34.4 Å². The van der Waals surface area contributed by atoms with Crippen LogP contribution in [0.4, 0.5) is 0 Å². The van der Waals surface area contributed by atoms with Gasteiger partial charge in [-0.1, -0.05) is 101 Å². The highest BCUT2D eigenvalue weighted by molar-refractivity contribution is 7.87. The Balaban J connectivity index is 0.00000364. The summed E-state index contributed by atoms with van der Waals surface area (Å²) in [6.07, 6.45) is 12.2. The fourth-order valence-corrected chi connectivity index (χ4v) is 4.40. The van der Waals surface area contributed by atoms with Crippen LogP contribution < -0.4 is 0 Å². The summed E-state index contributed by atoms with van der Waals surface area (Å²) in [4.78, 5) is 0.266. The molecule has 0 saturated heterocycles. The Morgan fingerprint density at radius 3 is 1.96 bits per heavy atom. The van der Waals surface area contributed by atoms with Crippen LogP contribution in [0.5, 0.6) is 0 Å². The van der Waals surface area contributed by atoms with E-state index in [0.717, 1.165) is 30.0 Å². The van der Waals surface area contributed by atoms with E-state index in [1.54, 1.807) is 12.1 Å². The summed E-state index contributed by atoms with van der Waals surface area (Å²) in [6.45, 7) is 2.50. The summed E-state index contributed by atoms with van der Waals surface area (Å²) < 4.78 is 30.2. The fraction of sp³-hybridized carbons (Fsp3) is 0.545. The molecule has 2 rings (SSSR count). The number of unbranched alkanes of at least 4 members (excludes halogenated alkanes) is 9. The number of hydrogen-bond donors (Lipinski definition) is 0. The molecule has 152 valence electrons. The maximum absolute atomic E-state index is 12.5. The summed E-state index contributed by atoms with van der Waals surface area (Å²) in [5, 5.41) is 1.63. The second kappa shape index (κ2) is 13.2. The summed E-state index contributed by atoms with van der Waals surface area (Å²) >= 11 is 0. The molecule has 5 heteroatoms. The Labute approximate surface area is 172 Å². The van der Waals surface area contributed by atoms with Gasteiger partial charge in [-0.2, -0.15) is 21.9 Å². The zero-order chi connectivity index (χ0) is 18.7. The number of rotatable bonds is 13. The van der Waals surface area contributed by atoms with Gasteiger partial charge < -0.3 is 0 Å². The predicted molar refractivity (Wildman–Crippen MR) is 119 cm³/mol. The third kappa shape index (κ3) is 8.24. The number of benzene rings is 2. The van der Waals surface area contributed by atoms with Crippen LogP contribution in [0, 0.1) is 0 Å². The van der Waals surface area contributed by atoms with Crippen LogP contribution in [0.3, 0.4) is 0 Å². The van der Waals surface area contributed by atoms with Crippen LogP contribution in [0.15, 0.2) is 47.4 Å². The van der Waals surface area contributed by atoms with E-state index in [2.05, 4.69) is 6.92 Å². The molecule has 0 aliphatic heterocycles. The van der Waals surface area contributed by atoms with Gasteiger partial charge >= 0.3 is 0 Å². The van der Waals surface area contributed by atoms with Gasteiger partial charge in [0.15, 0.2) is 0 Å². The summed E-state index contributed by atoms with van der Waals surface area (Å²) in [5.41, 5.74) is 0. The van der Waals surface area contributed by atoms with Crippen molar-refractivity contribution in [3.63, 3.8) is 0 Å². The van der Waals surface area contributed by atoms with E-state index in [1.807, 2.05) is 30.3 Å². The molecule has 2 aromatic rings. The molecule has 0 spiro atoms. The lowest BCUT2D eigenvalue weighted by Crippen LogP contribution is -2.08. The van der Waals surface area contributed by atoms with E-state index in [0.29, 0.717) is 0 Å². The minimum absolute atomic E-state index is 0. The second-order valence-electron chi connectivity index (χ2n) is 6.94. The molecule has 27 heavy (non-hydrogen) atoms. The van der Waals surface area contributed by atoms with Crippen LogP contribution in [-0.4, -0.2) is 15.0 Å². The molecule has 0 amide bonds. The molecule has 0 radical (unpaired) electrons. The molecular formula is C22H34O3S2. The number of fused-ring (bicyclic) bond motifs is 1. The van der Waals surface area contributed by atoms with Crippen LogP contribution in [0.1, 0.15) is 71.1 Å². The summed E-state index contributed by atoms with van der Waals surface area (Å²) in [7, 11) is -3.70. The molecule has 0 N–H and O–H groups in total.